The lowest BCUT2D eigenvalue weighted by Gasteiger charge is -2.18. The van der Waals surface area contributed by atoms with E-state index in [0.29, 0.717) is 0 Å². The molecular weight excluding hydrogens is 186 g/mol. The van der Waals surface area contributed by atoms with E-state index < -0.39 is 0 Å². The molecule has 1 atom stereocenters. The zero-order valence-electron chi connectivity index (χ0n) is 10.2. The summed E-state index contributed by atoms with van der Waals surface area (Å²) in [5, 5.41) is 7.75. The first-order chi connectivity index (χ1) is 7.07. The number of nitrogens with zero attached hydrogens (tertiary/aromatic N) is 2. The van der Waals surface area contributed by atoms with Gasteiger partial charge in [0.1, 0.15) is 0 Å². The Morgan fingerprint density at radius 3 is 2.73 bits per heavy atom. The van der Waals surface area contributed by atoms with Gasteiger partial charge in [0, 0.05) is 18.3 Å². The Kier molecular flexibility index (Phi) is 4.09. The van der Waals surface area contributed by atoms with Crippen LogP contribution in [0.15, 0.2) is 18.3 Å². The van der Waals surface area contributed by atoms with Crippen LogP contribution in [0.4, 0.5) is 0 Å². The molecule has 15 heavy (non-hydrogen) atoms. The standard InChI is InChI=1S/C12H21N3/c1-6-7-13-12(9(2)3)11-8-14-15(5)10(11)4/h8,12-13H,2,6-7H2,1,3-5H3. The van der Waals surface area contributed by atoms with Gasteiger partial charge in [-0.1, -0.05) is 19.1 Å². The van der Waals surface area contributed by atoms with E-state index >= 15 is 0 Å². The number of hydrogen-bond donors (Lipinski definition) is 1. The summed E-state index contributed by atoms with van der Waals surface area (Å²) in [5.74, 6) is 0. The maximum Gasteiger partial charge on any atom is 0.0564 e. The van der Waals surface area contributed by atoms with Crippen LogP contribution in [-0.4, -0.2) is 16.3 Å². The summed E-state index contributed by atoms with van der Waals surface area (Å²) in [5.41, 5.74) is 3.57. The van der Waals surface area contributed by atoms with Crippen LogP contribution in [-0.2, 0) is 7.05 Å². The smallest absolute Gasteiger partial charge is 0.0564 e. The Hall–Kier alpha value is -1.09. The van der Waals surface area contributed by atoms with Crippen LogP contribution in [0.2, 0.25) is 0 Å². The second-order valence-electron chi connectivity index (χ2n) is 4.04. The van der Waals surface area contributed by atoms with E-state index in [0.717, 1.165) is 18.5 Å². The van der Waals surface area contributed by atoms with Gasteiger partial charge >= 0.3 is 0 Å². The van der Waals surface area contributed by atoms with E-state index in [1.165, 1.54) is 11.3 Å². The van der Waals surface area contributed by atoms with E-state index in [4.69, 9.17) is 0 Å². The van der Waals surface area contributed by atoms with Crippen molar-refractivity contribution in [1.82, 2.24) is 15.1 Å². The molecular formula is C12H21N3. The fourth-order valence-electron chi connectivity index (χ4n) is 1.64. The van der Waals surface area contributed by atoms with E-state index in [1.54, 1.807) is 0 Å². The fourth-order valence-corrected chi connectivity index (χ4v) is 1.64. The van der Waals surface area contributed by atoms with Gasteiger partial charge in [0.15, 0.2) is 0 Å². The molecule has 0 saturated heterocycles. The normalized spacial score (nSPS) is 12.8. The molecule has 1 aromatic heterocycles. The third-order valence-electron chi connectivity index (χ3n) is 2.68. The van der Waals surface area contributed by atoms with Gasteiger partial charge in [-0.15, -0.1) is 0 Å². The molecule has 0 aromatic carbocycles. The molecule has 1 unspecified atom stereocenters. The topological polar surface area (TPSA) is 29.9 Å². The van der Waals surface area contributed by atoms with Crippen molar-refractivity contribution in [3.05, 3.63) is 29.6 Å². The maximum atomic E-state index is 4.26. The molecule has 0 spiro atoms. The van der Waals surface area contributed by atoms with Gasteiger partial charge in [0.25, 0.3) is 0 Å². The second kappa shape index (κ2) is 5.12. The molecule has 1 rings (SSSR count). The summed E-state index contributed by atoms with van der Waals surface area (Å²) in [7, 11) is 1.97. The molecule has 1 heterocycles. The van der Waals surface area contributed by atoms with Crippen molar-refractivity contribution < 1.29 is 0 Å². The highest BCUT2D eigenvalue weighted by Crippen LogP contribution is 2.22. The van der Waals surface area contributed by atoms with Crippen LogP contribution in [0.1, 0.15) is 37.6 Å². The largest absolute Gasteiger partial charge is 0.306 e. The highest BCUT2D eigenvalue weighted by Gasteiger charge is 2.16. The van der Waals surface area contributed by atoms with Crippen LogP contribution in [0.5, 0.6) is 0 Å². The highest BCUT2D eigenvalue weighted by molar-refractivity contribution is 5.27. The minimum absolute atomic E-state index is 0.235. The van der Waals surface area contributed by atoms with E-state index in [1.807, 2.05) is 17.9 Å². The van der Waals surface area contributed by atoms with Crippen LogP contribution >= 0.6 is 0 Å². The molecule has 0 aliphatic heterocycles. The van der Waals surface area contributed by atoms with Gasteiger partial charge in [0.05, 0.1) is 12.2 Å². The predicted octanol–water partition coefficient (Wildman–Crippen LogP) is 2.35. The number of nitrogens with one attached hydrogen (secondary N) is 1. The number of aromatic nitrogens is 2. The molecule has 0 bridgehead atoms. The molecule has 0 fully saturated rings. The summed E-state index contributed by atoms with van der Waals surface area (Å²) in [6.45, 7) is 11.4. The molecule has 3 nitrogen and oxygen atoms in total. The molecule has 0 radical (unpaired) electrons. The Bertz CT molecular complexity index is 339. The molecule has 1 N–H and O–H groups in total. The van der Waals surface area contributed by atoms with Crippen LogP contribution < -0.4 is 5.32 Å². The van der Waals surface area contributed by atoms with Crippen LogP contribution in [0.25, 0.3) is 0 Å². The first-order valence-electron chi connectivity index (χ1n) is 5.45. The Balaban J connectivity index is 2.89. The fraction of sp³-hybridized carbons (Fsp3) is 0.583. The zero-order chi connectivity index (χ0) is 11.4. The van der Waals surface area contributed by atoms with E-state index in [-0.39, 0.29) is 6.04 Å². The van der Waals surface area contributed by atoms with Crippen molar-refractivity contribution in [2.24, 2.45) is 7.05 Å². The first-order valence-corrected chi connectivity index (χ1v) is 5.45. The van der Waals surface area contributed by atoms with Gasteiger partial charge in [-0.05, 0) is 26.8 Å². The molecule has 0 saturated carbocycles. The maximum absolute atomic E-state index is 4.26. The number of rotatable bonds is 5. The van der Waals surface area contributed by atoms with Crippen molar-refractivity contribution in [3.8, 4) is 0 Å². The molecule has 0 aliphatic carbocycles. The summed E-state index contributed by atoms with van der Waals surface area (Å²) >= 11 is 0. The van der Waals surface area contributed by atoms with Gasteiger partial charge in [0.2, 0.25) is 0 Å². The summed E-state index contributed by atoms with van der Waals surface area (Å²) in [6.07, 6.45) is 3.06. The number of hydrogen-bond acceptors (Lipinski definition) is 2. The van der Waals surface area contributed by atoms with Gasteiger partial charge in [-0.2, -0.15) is 5.10 Å². The van der Waals surface area contributed by atoms with E-state index in [9.17, 15) is 0 Å². The van der Waals surface area contributed by atoms with Gasteiger partial charge in [-0.25, -0.2) is 0 Å². The minimum atomic E-state index is 0.235. The molecule has 0 aliphatic rings. The molecule has 0 amide bonds. The average Bonchev–Trinajstić information content (AvgIpc) is 2.50. The van der Waals surface area contributed by atoms with Crippen molar-refractivity contribution in [3.63, 3.8) is 0 Å². The third kappa shape index (κ3) is 2.69. The second-order valence-corrected chi connectivity index (χ2v) is 4.04. The predicted molar refractivity (Wildman–Crippen MR) is 63.8 cm³/mol. The number of aryl methyl sites for hydroxylation is 1. The third-order valence-corrected chi connectivity index (χ3v) is 2.68. The Morgan fingerprint density at radius 1 is 1.67 bits per heavy atom. The summed E-state index contributed by atoms with van der Waals surface area (Å²) < 4.78 is 1.90. The van der Waals surface area contributed by atoms with Crippen molar-refractivity contribution in [2.45, 2.75) is 33.2 Å². The van der Waals surface area contributed by atoms with Crippen LogP contribution in [0.3, 0.4) is 0 Å². The zero-order valence-corrected chi connectivity index (χ0v) is 10.2. The quantitative estimate of drug-likeness (QED) is 0.751. The van der Waals surface area contributed by atoms with Crippen molar-refractivity contribution in [1.29, 1.82) is 0 Å². The van der Waals surface area contributed by atoms with Gasteiger partial charge < -0.3 is 5.32 Å². The SMILES string of the molecule is C=C(C)C(NCCC)c1cnn(C)c1C. The first kappa shape index (κ1) is 12.0. The van der Waals surface area contributed by atoms with Crippen LogP contribution in [0, 0.1) is 6.92 Å². The lowest BCUT2D eigenvalue weighted by molar-refractivity contribution is 0.587. The monoisotopic (exact) mass is 207 g/mol. The minimum Gasteiger partial charge on any atom is -0.306 e. The Labute approximate surface area is 92.2 Å². The highest BCUT2D eigenvalue weighted by atomic mass is 15.3. The summed E-state index contributed by atoms with van der Waals surface area (Å²) in [4.78, 5) is 0. The molecule has 3 heteroatoms. The lowest BCUT2D eigenvalue weighted by Crippen LogP contribution is -2.23. The molecule has 1 aromatic rings. The molecule has 84 valence electrons. The van der Waals surface area contributed by atoms with Gasteiger partial charge in [-0.3, -0.25) is 4.68 Å². The van der Waals surface area contributed by atoms with Crippen molar-refractivity contribution >= 4 is 0 Å². The average molecular weight is 207 g/mol. The van der Waals surface area contributed by atoms with E-state index in [2.05, 4.69) is 37.8 Å². The lowest BCUT2D eigenvalue weighted by atomic mass is 10.0. The van der Waals surface area contributed by atoms with Crippen molar-refractivity contribution in [2.75, 3.05) is 6.54 Å². The Morgan fingerprint density at radius 2 is 2.33 bits per heavy atom. The summed E-state index contributed by atoms with van der Waals surface area (Å²) in [6, 6.07) is 0.235.